The maximum Gasteiger partial charge on any atom is 0.211 e. The quantitative estimate of drug-likeness (QED) is 0.787. The Balaban J connectivity index is 1.86. The first-order valence-corrected chi connectivity index (χ1v) is 9.83. The minimum Gasteiger partial charge on any atom is -0.497 e. The number of nitrogens with zero attached hydrogens (tertiary/aromatic N) is 1. The molecule has 1 aromatic carbocycles. The van der Waals surface area contributed by atoms with Crippen LogP contribution in [0.1, 0.15) is 32.3 Å². The van der Waals surface area contributed by atoms with E-state index in [1.807, 2.05) is 24.3 Å². The molecule has 0 atom stereocenters. The number of hydrogen-bond donors (Lipinski definition) is 1. The third-order valence-electron chi connectivity index (χ3n) is 4.48. The monoisotopic (exact) mass is 340 g/mol. The van der Waals surface area contributed by atoms with Gasteiger partial charge in [0.25, 0.3) is 0 Å². The molecule has 1 fully saturated rings. The lowest BCUT2D eigenvalue weighted by Gasteiger charge is -2.35. The summed E-state index contributed by atoms with van der Waals surface area (Å²) >= 11 is 0. The molecule has 1 aliphatic heterocycles. The van der Waals surface area contributed by atoms with Crippen molar-refractivity contribution in [2.75, 3.05) is 32.5 Å². The Morgan fingerprint density at radius 2 is 1.96 bits per heavy atom. The average molecular weight is 340 g/mol. The summed E-state index contributed by atoms with van der Waals surface area (Å²) in [5, 5.41) is 0. The first kappa shape index (κ1) is 18.2. The number of benzene rings is 1. The Morgan fingerprint density at radius 1 is 1.26 bits per heavy atom. The first-order chi connectivity index (χ1) is 10.8. The molecule has 5 nitrogen and oxygen atoms in total. The van der Waals surface area contributed by atoms with Crippen LogP contribution in [0.3, 0.4) is 0 Å². The molecule has 0 bridgehead atoms. The molecule has 1 heterocycles. The third-order valence-corrected chi connectivity index (χ3v) is 5.81. The number of hydrogen-bond acceptors (Lipinski definition) is 4. The Bertz CT molecular complexity index is 608. The van der Waals surface area contributed by atoms with E-state index in [9.17, 15) is 8.42 Å². The zero-order chi connectivity index (χ0) is 16.9. The van der Waals surface area contributed by atoms with Crippen molar-refractivity contribution in [3.8, 4) is 5.75 Å². The highest BCUT2D eigenvalue weighted by Crippen LogP contribution is 2.20. The van der Waals surface area contributed by atoms with E-state index >= 15 is 0 Å². The first-order valence-electron chi connectivity index (χ1n) is 8.18. The van der Waals surface area contributed by atoms with Gasteiger partial charge in [0.15, 0.2) is 0 Å². The smallest absolute Gasteiger partial charge is 0.211 e. The van der Waals surface area contributed by atoms with Gasteiger partial charge in [0.2, 0.25) is 10.0 Å². The van der Waals surface area contributed by atoms with Crippen molar-refractivity contribution in [1.82, 2.24) is 9.62 Å². The van der Waals surface area contributed by atoms with Crippen LogP contribution in [0.5, 0.6) is 5.75 Å². The van der Waals surface area contributed by atoms with Crippen LogP contribution < -0.4 is 9.46 Å². The van der Waals surface area contributed by atoms with Gasteiger partial charge >= 0.3 is 0 Å². The predicted molar refractivity (Wildman–Crippen MR) is 93.4 cm³/mol. The van der Waals surface area contributed by atoms with Crippen LogP contribution in [0.4, 0.5) is 0 Å². The van der Waals surface area contributed by atoms with Crippen molar-refractivity contribution >= 4 is 10.0 Å². The van der Waals surface area contributed by atoms with Gasteiger partial charge < -0.3 is 4.74 Å². The topological polar surface area (TPSA) is 58.6 Å². The molecule has 23 heavy (non-hydrogen) atoms. The number of methoxy groups -OCH3 is 1. The zero-order valence-electron chi connectivity index (χ0n) is 14.3. The van der Waals surface area contributed by atoms with E-state index in [4.69, 9.17) is 4.74 Å². The molecular formula is C17H28N2O3S. The normalized spacial score (nSPS) is 16.7. The van der Waals surface area contributed by atoms with Crippen LogP contribution in [0.15, 0.2) is 24.3 Å². The van der Waals surface area contributed by atoms with Crippen LogP contribution >= 0.6 is 0 Å². The SMILES string of the molecule is COc1cccc(CCS(=O)(=O)NCC(C)(C)N2CCCC2)c1. The van der Waals surface area contributed by atoms with E-state index in [1.165, 1.54) is 12.8 Å². The van der Waals surface area contributed by atoms with E-state index < -0.39 is 10.0 Å². The minimum atomic E-state index is -3.28. The van der Waals surface area contributed by atoms with Crippen molar-refractivity contribution in [2.24, 2.45) is 0 Å². The fraction of sp³-hybridized carbons (Fsp3) is 0.647. The van der Waals surface area contributed by atoms with E-state index in [0.717, 1.165) is 24.4 Å². The molecule has 0 radical (unpaired) electrons. The van der Waals surface area contributed by atoms with Crippen molar-refractivity contribution < 1.29 is 13.2 Å². The number of sulfonamides is 1. The van der Waals surface area contributed by atoms with Crippen molar-refractivity contribution in [2.45, 2.75) is 38.6 Å². The van der Waals surface area contributed by atoms with Gasteiger partial charge in [-0.05, 0) is 63.9 Å². The molecule has 130 valence electrons. The summed E-state index contributed by atoms with van der Waals surface area (Å²) in [4.78, 5) is 2.36. The molecule has 0 saturated carbocycles. The molecule has 0 aliphatic carbocycles. The van der Waals surface area contributed by atoms with Crippen LogP contribution in [-0.2, 0) is 16.4 Å². The number of ether oxygens (including phenoxy) is 1. The van der Waals surface area contributed by atoms with Crippen LogP contribution in [0.25, 0.3) is 0 Å². The van der Waals surface area contributed by atoms with E-state index in [1.54, 1.807) is 7.11 Å². The molecule has 1 saturated heterocycles. The number of rotatable bonds is 8. The summed E-state index contributed by atoms with van der Waals surface area (Å²) in [6.07, 6.45) is 2.88. The van der Waals surface area contributed by atoms with Crippen molar-refractivity contribution in [3.63, 3.8) is 0 Å². The molecule has 0 spiro atoms. The Morgan fingerprint density at radius 3 is 2.61 bits per heavy atom. The maximum absolute atomic E-state index is 12.3. The maximum atomic E-state index is 12.3. The van der Waals surface area contributed by atoms with Gasteiger partial charge in [-0.3, -0.25) is 4.90 Å². The lowest BCUT2D eigenvalue weighted by molar-refractivity contribution is 0.158. The van der Waals surface area contributed by atoms with Gasteiger partial charge in [-0.2, -0.15) is 0 Å². The highest BCUT2D eigenvalue weighted by Gasteiger charge is 2.30. The van der Waals surface area contributed by atoms with Gasteiger partial charge in [0, 0.05) is 12.1 Å². The van der Waals surface area contributed by atoms with Gasteiger partial charge in [-0.1, -0.05) is 12.1 Å². The van der Waals surface area contributed by atoms with Gasteiger partial charge in [-0.15, -0.1) is 0 Å². The average Bonchev–Trinajstić information content (AvgIpc) is 3.07. The molecule has 1 aromatic rings. The summed E-state index contributed by atoms with van der Waals surface area (Å²) in [6, 6.07) is 7.54. The molecular weight excluding hydrogens is 312 g/mol. The third kappa shape index (κ3) is 5.48. The summed E-state index contributed by atoms with van der Waals surface area (Å²) in [5.74, 6) is 0.846. The summed E-state index contributed by atoms with van der Waals surface area (Å²) < 4.78 is 32.5. The molecule has 1 N–H and O–H groups in total. The largest absolute Gasteiger partial charge is 0.497 e. The van der Waals surface area contributed by atoms with Crippen molar-refractivity contribution in [3.05, 3.63) is 29.8 Å². The summed E-state index contributed by atoms with van der Waals surface area (Å²) in [5.41, 5.74) is 0.827. The molecule has 2 rings (SSSR count). The second-order valence-corrected chi connectivity index (χ2v) is 8.67. The van der Waals surface area contributed by atoms with Gasteiger partial charge in [-0.25, -0.2) is 13.1 Å². The Labute approximate surface area is 140 Å². The minimum absolute atomic E-state index is 0.0935. The van der Waals surface area contributed by atoms with E-state index in [-0.39, 0.29) is 11.3 Å². The van der Waals surface area contributed by atoms with Crippen LogP contribution in [0, 0.1) is 0 Å². The fourth-order valence-corrected chi connectivity index (χ4v) is 4.10. The molecule has 0 unspecified atom stereocenters. The second-order valence-electron chi connectivity index (χ2n) is 6.75. The molecule has 0 amide bonds. The van der Waals surface area contributed by atoms with E-state index in [2.05, 4.69) is 23.5 Å². The number of likely N-dealkylation sites (tertiary alicyclic amines) is 1. The Kier molecular flexibility index (Phi) is 6.06. The van der Waals surface area contributed by atoms with Crippen molar-refractivity contribution in [1.29, 1.82) is 0 Å². The molecule has 1 aliphatic rings. The summed E-state index contributed by atoms with van der Waals surface area (Å²) in [7, 11) is -1.67. The van der Waals surface area contributed by atoms with E-state index in [0.29, 0.717) is 13.0 Å². The Hall–Kier alpha value is -1.11. The zero-order valence-corrected chi connectivity index (χ0v) is 15.2. The number of aryl methyl sites for hydroxylation is 1. The highest BCUT2D eigenvalue weighted by atomic mass is 32.2. The fourth-order valence-electron chi connectivity index (χ4n) is 2.87. The van der Waals surface area contributed by atoms with Crippen LogP contribution in [0.2, 0.25) is 0 Å². The van der Waals surface area contributed by atoms with Gasteiger partial charge in [0.05, 0.1) is 12.9 Å². The molecule has 6 heteroatoms. The van der Waals surface area contributed by atoms with Crippen LogP contribution in [-0.4, -0.2) is 51.4 Å². The second kappa shape index (κ2) is 7.64. The molecule has 0 aromatic heterocycles. The lowest BCUT2D eigenvalue weighted by Crippen LogP contribution is -2.50. The highest BCUT2D eigenvalue weighted by molar-refractivity contribution is 7.89. The number of nitrogens with one attached hydrogen (secondary N) is 1. The predicted octanol–water partition coefficient (Wildman–Crippen LogP) is 2.03. The lowest BCUT2D eigenvalue weighted by atomic mass is 10.0. The summed E-state index contributed by atoms with van der Waals surface area (Å²) in [6.45, 7) is 6.76. The standard InChI is InChI=1S/C17H28N2O3S/c1-17(2,19-10-4-5-11-19)14-18-23(20,21)12-9-15-7-6-8-16(13-15)22-3/h6-8,13,18H,4-5,9-12,14H2,1-3H3. The van der Waals surface area contributed by atoms with Gasteiger partial charge in [0.1, 0.15) is 5.75 Å².